The van der Waals surface area contributed by atoms with Gasteiger partial charge in [-0.05, 0) is 48.9 Å². The Labute approximate surface area is 121 Å². The fraction of sp³-hybridized carbons (Fsp3) is 0.533. The third kappa shape index (κ3) is 2.85. The topological polar surface area (TPSA) is 55.6 Å². The van der Waals surface area contributed by atoms with Crippen molar-refractivity contribution in [1.29, 1.82) is 0 Å². The molecule has 21 heavy (non-hydrogen) atoms. The van der Waals surface area contributed by atoms with E-state index >= 15 is 0 Å². The van der Waals surface area contributed by atoms with Crippen LogP contribution in [-0.4, -0.2) is 36.5 Å². The highest BCUT2D eigenvalue weighted by Crippen LogP contribution is 2.37. The number of amides is 1. The Morgan fingerprint density at radius 2 is 1.95 bits per heavy atom. The third-order valence-electron chi connectivity index (χ3n) is 4.53. The van der Waals surface area contributed by atoms with E-state index in [4.69, 9.17) is 5.73 Å². The minimum atomic E-state index is -2.86. The van der Waals surface area contributed by atoms with Crippen molar-refractivity contribution in [3.8, 4) is 5.75 Å². The second-order valence-electron chi connectivity index (χ2n) is 5.78. The standard InChI is InChI=1S/C15H18F2N2O2/c16-15(17)21-11-4-1-9(2-5-11)14(20)19-7-10-3-6-13(18)12(10)8-19/h1-2,4-5,10,12-13,15H,3,6-8,18H2. The fourth-order valence-electron chi connectivity index (χ4n) is 3.43. The Morgan fingerprint density at radius 1 is 1.24 bits per heavy atom. The van der Waals surface area contributed by atoms with Gasteiger partial charge in [-0.25, -0.2) is 0 Å². The number of halogens is 2. The number of hydrogen-bond donors (Lipinski definition) is 1. The summed E-state index contributed by atoms with van der Waals surface area (Å²) in [6, 6.07) is 6.02. The summed E-state index contributed by atoms with van der Waals surface area (Å²) in [5.41, 5.74) is 6.55. The summed E-state index contributed by atoms with van der Waals surface area (Å²) >= 11 is 0. The first kappa shape index (κ1) is 14.3. The van der Waals surface area contributed by atoms with Crippen LogP contribution in [0.3, 0.4) is 0 Å². The number of ether oxygens (including phenoxy) is 1. The van der Waals surface area contributed by atoms with Gasteiger partial charge in [-0.15, -0.1) is 0 Å². The molecular formula is C15H18F2N2O2. The molecule has 2 N–H and O–H groups in total. The van der Waals surface area contributed by atoms with E-state index < -0.39 is 6.61 Å². The van der Waals surface area contributed by atoms with Gasteiger partial charge < -0.3 is 15.4 Å². The number of hydrogen-bond acceptors (Lipinski definition) is 3. The van der Waals surface area contributed by atoms with Gasteiger partial charge in [-0.2, -0.15) is 8.78 Å². The van der Waals surface area contributed by atoms with E-state index in [0.29, 0.717) is 23.9 Å². The van der Waals surface area contributed by atoms with Crippen LogP contribution in [-0.2, 0) is 0 Å². The lowest BCUT2D eigenvalue weighted by Crippen LogP contribution is -2.33. The molecule has 1 aromatic rings. The largest absolute Gasteiger partial charge is 0.435 e. The summed E-state index contributed by atoms with van der Waals surface area (Å²) in [5, 5.41) is 0. The summed E-state index contributed by atoms with van der Waals surface area (Å²) in [7, 11) is 0. The molecule has 0 bridgehead atoms. The molecule has 4 nitrogen and oxygen atoms in total. The molecule has 3 rings (SSSR count). The maximum atomic E-state index is 12.4. The van der Waals surface area contributed by atoms with Gasteiger partial charge in [0.2, 0.25) is 0 Å². The Bertz CT molecular complexity index is 521. The van der Waals surface area contributed by atoms with Gasteiger partial charge in [0.25, 0.3) is 5.91 Å². The van der Waals surface area contributed by atoms with Gasteiger partial charge in [0.05, 0.1) is 0 Å². The Kier molecular flexibility index (Phi) is 3.80. The summed E-state index contributed by atoms with van der Waals surface area (Å²) in [6.07, 6.45) is 2.12. The van der Waals surface area contributed by atoms with Gasteiger partial charge in [-0.3, -0.25) is 4.79 Å². The molecule has 1 heterocycles. The van der Waals surface area contributed by atoms with Crippen LogP contribution < -0.4 is 10.5 Å². The molecular weight excluding hydrogens is 278 g/mol. The lowest BCUT2D eigenvalue weighted by molar-refractivity contribution is -0.0498. The van der Waals surface area contributed by atoms with Crippen LogP contribution in [0.2, 0.25) is 0 Å². The van der Waals surface area contributed by atoms with E-state index in [-0.39, 0.29) is 17.7 Å². The molecule has 3 atom stereocenters. The molecule has 3 unspecified atom stereocenters. The monoisotopic (exact) mass is 296 g/mol. The normalized spacial score (nSPS) is 28.0. The Morgan fingerprint density at radius 3 is 2.57 bits per heavy atom. The van der Waals surface area contributed by atoms with Crippen molar-refractivity contribution in [2.24, 2.45) is 17.6 Å². The molecule has 1 aliphatic heterocycles. The summed E-state index contributed by atoms with van der Waals surface area (Å²) in [5.74, 6) is 0.892. The quantitative estimate of drug-likeness (QED) is 0.929. The first-order valence-corrected chi connectivity index (χ1v) is 7.14. The predicted molar refractivity (Wildman–Crippen MR) is 73.2 cm³/mol. The summed E-state index contributed by atoms with van der Waals surface area (Å²) < 4.78 is 28.4. The van der Waals surface area contributed by atoms with Crippen molar-refractivity contribution in [2.75, 3.05) is 13.1 Å². The van der Waals surface area contributed by atoms with Crippen LogP contribution in [0, 0.1) is 11.8 Å². The van der Waals surface area contributed by atoms with Gasteiger partial charge >= 0.3 is 6.61 Å². The molecule has 1 aliphatic carbocycles. The summed E-state index contributed by atoms with van der Waals surface area (Å²) in [6.45, 7) is -1.42. The number of likely N-dealkylation sites (tertiary alicyclic amines) is 1. The second kappa shape index (κ2) is 5.60. The number of benzene rings is 1. The molecule has 0 radical (unpaired) electrons. The number of rotatable bonds is 3. The molecule has 1 saturated heterocycles. The van der Waals surface area contributed by atoms with E-state index in [1.54, 1.807) is 0 Å². The molecule has 1 amide bonds. The van der Waals surface area contributed by atoms with Gasteiger partial charge in [-0.1, -0.05) is 0 Å². The molecule has 6 heteroatoms. The number of fused-ring (bicyclic) bond motifs is 1. The van der Waals surface area contributed by atoms with E-state index in [9.17, 15) is 13.6 Å². The molecule has 0 spiro atoms. The van der Waals surface area contributed by atoms with E-state index in [1.807, 2.05) is 4.90 Å². The maximum Gasteiger partial charge on any atom is 0.387 e. The fourth-order valence-corrected chi connectivity index (χ4v) is 3.43. The van der Waals surface area contributed by atoms with Crippen molar-refractivity contribution in [3.05, 3.63) is 29.8 Å². The van der Waals surface area contributed by atoms with Crippen LogP contribution in [0.1, 0.15) is 23.2 Å². The maximum absolute atomic E-state index is 12.4. The molecule has 1 saturated carbocycles. The van der Waals surface area contributed by atoms with Crippen LogP contribution in [0.4, 0.5) is 8.78 Å². The zero-order valence-corrected chi connectivity index (χ0v) is 11.5. The third-order valence-corrected chi connectivity index (χ3v) is 4.53. The number of nitrogens with zero attached hydrogens (tertiary/aromatic N) is 1. The lowest BCUT2D eigenvalue weighted by atomic mass is 9.98. The highest BCUT2D eigenvalue weighted by molar-refractivity contribution is 5.94. The highest BCUT2D eigenvalue weighted by Gasteiger charge is 2.42. The smallest absolute Gasteiger partial charge is 0.387 e. The zero-order chi connectivity index (χ0) is 15.0. The number of carbonyl (C=O) groups excluding carboxylic acids is 1. The van der Waals surface area contributed by atoms with Crippen LogP contribution in [0.25, 0.3) is 0 Å². The minimum absolute atomic E-state index is 0.0573. The first-order valence-electron chi connectivity index (χ1n) is 7.14. The average molecular weight is 296 g/mol. The van der Waals surface area contributed by atoms with Crippen LogP contribution in [0.5, 0.6) is 5.75 Å². The lowest BCUT2D eigenvalue weighted by Gasteiger charge is -2.19. The molecule has 2 aliphatic rings. The highest BCUT2D eigenvalue weighted by atomic mass is 19.3. The van der Waals surface area contributed by atoms with Crippen LogP contribution in [0.15, 0.2) is 24.3 Å². The van der Waals surface area contributed by atoms with E-state index in [2.05, 4.69) is 4.74 Å². The summed E-state index contributed by atoms with van der Waals surface area (Å²) in [4.78, 5) is 14.2. The Balaban J connectivity index is 1.66. The van der Waals surface area contributed by atoms with Crippen molar-refractivity contribution < 1.29 is 18.3 Å². The molecule has 2 fully saturated rings. The molecule has 114 valence electrons. The zero-order valence-electron chi connectivity index (χ0n) is 11.5. The predicted octanol–water partition coefficient (Wildman–Crippen LogP) is 2.10. The van der Waals surface area contributed by atoms with Crippen molar-refractivity contribution in [2.45, 2.75) is 25.5 Å². The number of carbonyl (C=O) groups is 1. The second-order valence-corrected chi connectivity index (χ2v) is 5.78. The van der Waals surface area contributed by atoms with Gasteiger partial charge in [0.1, 0.15) is 5.75 Å². The van der Waals surface area contributed by atoms with E-state index in [1.165, 1.54) is 24.3 Å². The molecule has 1 aromatic carbocycles. The molecule has 0 aromatic heterocycles. The number of alkyl halides is 2. The number of nitrogens with two attached hydrogens (primary N) is 1. The van der Waals surface area contributed by atoms with Gasteiger partial charge in [0.15, 0.2) is 0 Å². The van der Waals surface area contributed by atoms with Crippen molar-refractivity contribution in [3.63, 3.8) is 0 Å². The first-order chi connectivity index (χ1) is 10.0. The Hall–Kier alpha value is -1.69. The van der Waals surface area contributed by atoms with Crippen molar-refractivity contribution in [1.82, 2.24) is 4.90 Å². The SMILES string of the molecule is NC1CCC2CN(C(=O)c3ccc(OC(F)F)cc3)CC12. The van der Waals surface area contributed by atoms with Gasteiger partial charge in [0, 0.05) is 24.7 Å². The van der Waals surface area contributed by atoms with E-state index in [0.717, 1.165) is 19.4 Å². The minimum Gasteiger partial charge on any atom is -0.435 e. The van der Waals surface area contributed by atoms with Crippen LogP contribution >= 0.6 is 0 Å². The average Bonchev–Trinajstić information content (AvgIpc) is 3.01. The van der Waals surface area contributed by atoms with Crippen molar-refractivity contribution >= 4 is 5.91 Å².